The summed E-state index contributed by atoms with van der Waals surface area (Å²) in [6.07, 6.45) is 5.91. The van der Waals surface area contributed by atoms with Crippen molar-refractivity contribution in [2.24, 2.45) is 0 Å². The molecule has 0 saturated carbocycles. The fourth-order valence-corrected chi connectivity index (χ4v) is 3.93. The van der Waals surface area contributed by atoms with E-state index in [2.05, 4.69) is 31.8 Å². The lowest BCUT2D eigenvalue weighted by molar-refractivity contribution is -0.155. The second-order valence-corrected chi connectivity index (χ2v) is 8.41. The molecule has 1 saturated heterocycles. The van der Waals surface area contributed by atoms with E-state index >= 15 is 0 Å². The van der Waals surface area contributed by atoms with Crippen molar-refractivity contribution in [3.63, 3.8) is 0 Å². The summed E-state index contributed by atoms with van der Waals surface area (Å²) in [4.78, 5) is 20.4. The molecule has 2 aromatic heterocycles. The molecular weight excluding hydrogens is 488 g/mol. The minimum Gasteiger partial charge on any atom is -0.461 e. The van der Waals surface area contributed by atoms with Crippen molar-refractivity contribution in [3.8, 4) is 12.3 Å². The molecule has 1 fully saturated rings. The van der Waals surface area contributed by atoms with Crippen LogP contribution in [0.15, 0.2) is 41.0 Å². The van der Waals surface area contributed by atoms with E-state index < -0.39 is 23.9 Å². The van der Waals surface area contributed by atoms with E-state index in [0.29, 0.717) is 11.0 Å². The smallest absolute Gasteiger partial charge is 0.310 e. The highest BCUT2D eigenvalue weighted by atomic mass is 79.9. The number of ether oxygens (including phenoxy) is 2. The van der Waals surface area contributed by atoms with Crippen LogP contribution in [-0.4, -0.2) is 43.9 Å². The molecule has 0 radical (unpaired) electrons. The lowest BCUT2D eigenvalue weighted by atomic mass is 9.99. The van der Waals surface area contributed by atoms with Crippen LogP contribution in [0.2, 0.25) is 5.28 Å². The third-order valence-electron chi connectivity index (χ3n) is 5.15. The molecule has 3 N–H and O–H groups in total. The van der Waals surface area contributed by atoms with Crippen molar-refractivity contribution in [1.29, 1.82) is 0 Å². The van der Waals surface area contributed by atoms with E-state index in [-0.39, 0.29) is 30.5 Å². The number of nitrogens with two attached hydrogens (primary N) is 1. The van der Waals surface area contributed by atoms with Crippen molar-refractivity contribution in [2.45, 2.75) is 30.8 Å². The van der Waals surface area contributed by atoms with Crippen molar-refractivity contribution < 1.29 is 19.4 Å². The van der Waals surface area contributed by atoms with Gasteiger partial charge in [0.1, 0.15) is 30.4 Å². The van der Waals surface area contributed by atoms with Crippen LogP contribution in [0.3, 0.4) is 0 Å². The zero-order chi connectivity index (χ0) is 22.2. The number of hydrogen-bond acceptors (Lipinski definition) is 7. The van der Waals surface area contributed by atoms with Crippen molar-refractivity contribution in [1.82, 2.24) is 14.5 Å². The fraction of sp³-hybridized carbons (Fsp3) is 0.286. The highest BCUT2D eigenvalue weighted by Crippen LogP contribution is 2.39. The zero-order valence-corrected chi connectivity index (χ0v) is 18.5. The van der Waals surface area contributed by atoms with Gasteiger partial charge >= 0.3 is 5.97 Å². The largest absolute Gasteiger partial charge is 0.461 e. The lowest BCUT2D eigenvalue weighted by Crippen LogP contribution is -2.43. The van der Waals surface area contributed by atoms with E-state index in [1.54, 1.807) is 16.8 Å². The Hall–Kier alpha value is -2.64. The molecule has 160 valence electrons. The average Bonchev–Trinajstić information content (AvgIpc) is 3.29. The minimum atomic E-state index is -1.49. The summed E-state index contributed by atoms with van der Waals surface area (Å²) in [6.45, 7) is -0.284. The highest BCUT2D eigenvalue weighted by molar-refractivity contribution is 9.10. The quantitative estimate of drug-likeness (QED) is 0.311. The Balaban J connectivity index is 1.49. The Morgan fingerprint density at radius 1 is 1.42 bits per heavy atom. The summed E-state index contributed by atoms with van der Waals surface area (Å²) in [6, 6.07) is 9.03. The van der Waals surface area contributed by atoms with Crippen LogP contribution in [0.1, 0.15) is 18.2 Å². The number of rotatable bonds is 5. The van der Waals surface area contributed by atoms with Gasteiger partial charge in [-0.1, -0.05) is 34.0 Å². The van der Waals surface area contributed by atoms with E-state index in [1.807, 2.05) is 24.3 Å². The Morgan fingerprint density at radius 2 is 2.16 bits per heavy atom. The van der Waals surface area contributed by atoms with Crippen LogP contribution in [0, 0.1) is 12.3 Å². The molecule has 0 amide bonds. The topological polar surface area (TPSA) is 112 Å². The molecule has 0 bridgehead atoms. The predicted octanol–water partition coefficient (Wildman–Crippen LogP) is 2.87. The zero-order valence-electron chi connectivity index (χ0n) is 16.2. The van der Waals surface area contributed by atoms with Crippen LogP contribution in [-0.2, 0) is 20.7 Å². The second kappa shape index (κ2) is 8.48. The third-order valence-corrected chi connectivity index (χ3v) is 5.85. The first-order valence-corrected chi connectivity index (χ1v) is 10.5. The molecule has 1 aromatic carbocycles. The van der Waals surface area contributed by atoms with Crippen molar-refractivity contribution >= 4 is 50.4 Å². The molecule has 4 rings (SSSR count). The molecule has 1 aliphatic heterocycles. The number of carbonyl (C=O) groups excluding carboxylic acids is 1. The minimum absolute atomic E-state index is 0.00594. The van der Waals surface area contributed by atoms with Gasteiger partial charge in [0.2, 0.25) is 5.28 Å². The summed E-state index contributed by atoms with van der Waals surface area (Å²) >= 11 is 9.28. The number of aromatic nitrogens is 3. The fourth-order valence-electron chi connectivity index (χ4n) is 3.49. The number of halogens is 2. The van der Waals surface area contributed by atoms with Crippen molar-refractivity contribution in [2.75, 3.05) is 12.3 Å². The molecule has 0 unspecified atom stereocenters. The highest BCUT2D eigenvalue weighted by Gasteiger charge is 2.49. The van der Waals surface area contributed by atoms with Gasteiger partial charge in [-0.15, -0.1) is 6.42 Å². The van der Waals surface area contributed by atoms with Gasteiger partial charge in [0.05, 0.1) is 11.8 Å². The number of anilines is 1. The molecule has 3 aromatic rings. The molecule has 1 aliphatic rings. The average molecular weight is 506 g/mol. The van der Waals surface area contributed by atoms with Gasteiger partial charge in [0.25, 0.3) is 0 Å². The number of terminal acetylenes is 1. The number of benzene rings is 1. The van der Waals surface area contributed by atoms with Gasteiger partial charge in [0, 0.05) is 17.1 Å². The normalized spacial score (nSPS) is 23.0. The maximum atomic E-state index is 12.3. The first-order valence-electron chi connectivity index (χ1n) is 9.34. The molecular formula is C21H18BrClN4O4. The maximum absolute atomic E-state index is 12.3. The maximum Gasteiger partial charge on any atom is 0.310 e. The number of esters is 1. The Morgan fingerprint density at radius 3 is 2.87 bits per heavy atom. The Labute approximate surface area is 191 Å². The molecule has 31 heavy (non-hydrogen) atoms. The van der Waals surface area contributed by atoms with Gasteiger partial charge in [-0.25, -0.2) is 4.98 Å². The van der Waals surface area contributed by atoms with Gasteiger partial charge in [-0.2, -0.15) is 4.98 Å². The molecule has 3 heterocycles. The molecule has 8 nitrogen and oxygen atoms in total. The number of hydrogen-bond donors (Lipinski definition) is 2. The molecule has 0 spiro atoms. The third kappa shape index (κ3) is 4.25. The van der Waals surface area contributed by atoms with Crippen molar-refractivity contribution in [3.05, 3.63) is 51.8 Å². The monoisotopic (exact) mass is 504 g/mol. The number of nitrogens with zero attached hydrogens (tertiary/aromatic N) is 3. The van der Waals surface area contributed by atoms with Gasteiger partial charge in [-0.05, 0) is 35.4 Å². The van der Waals surface area contributed by atoms with Crippen LogP contribution in [0.4, 0.5) is 5.82 Å². The molecule has 10 heteroatoms. The Bertz CT molecular complexity index is 1180. The summed E-state index contributed by atoms with van der Waals surface area (Å²) < 4.78 is 14.0. The number of aliphatic hydroxyl groups is 1. The lowest BCUT2D eigenvalue weighted by Gasteiger charge is -2.26. The van der Waals surface area contributed by atoms with Gasteiger partial charge < -0.3 is 24.9 Å². The van der Waals surface area contributed by atoms with E-state index in [1.165, 1.54) is 0 Å². The van der Waals surface area contributed by atoms with Crippen LogP contribution in [0.25, 0.3) is 11.0 Å². The van der Waals surface area contributed by atoms with E-state index in [0.717, 1.165) is 10.0 Å². The van der Waals surface area contributed by atoms with Crippen LogP contribution < -0.4 is 5.73 Å². The SMILES string of the molecule is C#C[C@]1(COC(=O)Cc2ccc(Br)cc2)O[C@@H](n2ccc3c(N)nc(Cl)nc32)C[C@@H]1O. The summed E-state index contributed by atoms with van der Waals surface area (Å²) in [5.74, 6) is 2.22. The first-order chi connectivity index (χ1) is 14.8. The predicted molar refractivity (Wildman–Crippen MR) is 118 cm³/mol. The number of nitrogen functional groups attached to an aromatic ring is 1. The van der Waals surface area contributed by atoms with Gasteiger partial charge in [0.15, 0.2) is 5.60 Å². The standard InChI is InChI=1S/C21H18BrClN4O4/c1-2-21(11-30-17(29)9-12-3-5-13(22)6-4-12)15(28)10-16(31-21)27-8-7-14-18(24)25-20(23)26-19(14)27/h1,3-8,15-16,28H,9-11H2,(H2,24,25,26)/t15-,16+,21+/m0/s1. The van der Waals surface area contributed by atoms with E-state index in [4.69, 9.17) is 33.2 Å². The first kappa shape index (κ1) is 21.6. The second-order valence-electron chi connectivity index (χ2n) is 7.16. The number of fused-ring (bicyclic) bond motifs is 1. The summed E-state index contributed by atoms with van der Waals surface area (Å²) in [7, 11) is 0. The Kier molecular flexibility index (Phi) is 5.90. The number of aliphatic hydroxyl groups excluding tert-OH is 1. The van der Waals surface area contributed by atoms with Crippen LogP contribution in [0.5, 0.6) is 0 Å². The van der Waals surface area contributed by atoms with E-state index in [9.17, 15) is 9.90 Å². The molecule has 0 aliphatic carbocycles. The molecule has 3 atom stereocenters. The summed E-state index contributed by atoms with van der Waals surface area (Å²) in [5.41, 5.74) is 5.66. The number of carbonyl (C=O) groups is 1. The van der Waals surface area contributed by atoms with Gasteiger partial charge in [-0.3, -0.25) is 4.79 Å². The summed E-state index contributed by atoms with van der Waals surface area (Å²) in [5, 5.41) is 11.3. The van der Waals surface area contributed by atoms with Crippen LogP contribution >= 0.6 is 27.5 Å².